The molecule has 0 aliphatic heterocycles. The zero-order valence-electron chi connectivity index (χ0n) is 14.3. The predicted octanol–water partition coefficient (Wildman–Crippen LogP) is 3.96. The number of aryl methyl sites for hydroxylation is 2. The van der Waals surface area contributed by atoms with Gasteiger partial charge in [0, 0.05) is 0 Å². The van der Waals surface area contributed by atoms with E-state index >= 15 is 0 Å². The third kappa shape index (κ3) is 6.20. The Hall–Kier alpha value is -2.31. The number of amides is 1. The maximum Gasteiger partial charge on any atom is 0.309 e. The van der Waals surface area contributed by atoms with Crippen LogP contribution in [-0.4, -0.2) is 30.1 Å². The Morgan fingerprint density at radius 1 is 1.15 bits per heavy atom. The molecule has 0 aliphatic carbocycles. The van der Waals surface area contributed by atoms with E-state index in [1.165, 1.54) is 6.07 Å². The van der Waals surface area contributed by atoms with Crippen molar-refractivity contribution >= 4 is 40.9 Å². The number of aromatic nitrogens is 1. The van der Waals surface area contributed by atoms with Crippen LogP contribution in [0.25, 0.3) is 0 Å². The molecule has 1 amide bonds. The highest BCUT2D eigenvalue weighted by molar-refractivity contribution is 6.36. The second-order valence-corrected chi connectivity index (χ2v) is 6.32. The average Bonchev–Trinajstić information content (AvgIpc) is 2.58. The number of ether oxygens (including phenoxy) is 2. The lowest BCUT2D eigenvalue weighted by Gasteiger charge is -2.09. The van der Waals surface area contributed by atoms with Gasteiger partial charge in [0.1, 0.15) is 5.75 Å². The Morgan fingerprint density at radius 3 is 2.65 bits per heavy atom. The molecule has 1 aromatic heterocycles. The normalized spacial score (nSPS) is 10.3. The highest BCUT2D eigenvalue weighted by Crippen LogP contribution is 2.25. The molecule has 1 N–H and O–H groups in total. The molecule has 0 aliphatic rings. The SMILES string of the molecule is Cc1cccc(OCCC(=O)OCC(=O)Nc2nc(C)c(Cl)cc2Cl)c1. The summed E-state index contributed by atoms with van der Waals surface area (Å²) in [6, 6.07) is 8.96. The molecule has 0 bridgehead atoms. The van der Waals surface area contributed by atoms with E-state index in [0.29, 0.717) is 16.5 Å². The Balaban J connectivity index is 1.73. The smallest absolute Gasteiger partial charge is 0.309 e. The van der Waals surface area contributed by atoms with Crippen LogP contribution in [0, 0.1) is 13.8 Å². The third-order valence-corrected chi connectivity index (χ3v) is 3.96. The molecule has 1 heterocycles. The fourth-order valence-corrected chi connectivity index (χ4v) is 2.40. The second kappa shape index (κ2) is 9.40. The summed E-state index contributed by atoms with van der Waals surface area (Å²) in [6.07, 6.45) is 0.0281. The van der Waals surface area contributed by atoms with Crippen molar-refractivity contribution in [3.8, 4) is 5.75 Å². The number of hydrogen-bond acceptors (Lipinski definition) is 5. The largest absolute Gasteiger partial charge is 0.493 e. The zero-order valence-corrected chi connectivity index (χ0v) is 15.9. The van der Waals surface area contributed by atoms with Crippen LogP contribution < -0.4 is 10.1 Å². The van der Waals surface area contributed by atoms with Gasteiger partial charge in [-0.25, -0.2) is 4.98 Å². The van der Waals surface area contributed by atoms with Gasteiger partial charge in [0.2, 0.25) is 0 Å². The standard InChI is InChI=1S/C18H18Cl2N2O4/c1-11-4-3-5-13(8-11)25-7-6-17(24)26-10-16(23)22-18-15(20)9-14(19)12(2)21-18/h3-5,8-9H,6-7,10H2,1-2H3,(H,21,22,23). The number of anilines is 1. The third-order valence-electron chi connectivity index (χ3n) is 3.29. The summed E-state index contributed by atoms with van der Waals surface area (Å²) in [7, 11) is 0. The van der Waals surface area contributed by atoms with Gasteiger partial charge in [-0.2, -0.15) is 0 Å². The second-order valence-electron chi connectivity index (χ2n) is 5.51. The zero-order chi connectivity index (χ0) is 19.1. The van der Waals surface area contributed by atoms with Crippen LogP contribution in [0.15, 0.2) is 30.3 Å². The lowest BCUT2D eigenvalue weighted by molar-refractivity contribution is -0.147. The minimum absolute atomic E-state index is 0.0281. The minimum atomic E-state index is -0.547. The predicted molar refractivity (Wildman–Crippen MR) is 99.9 cm³/mol. The van der Waals surface area contributed by atoms with Gasteiger partial charge in [-0.05, 0) is 37.6 Å². The van der Waals surface area contributed by atoms with Gasteiger partial charge in [0.25, 0.3) is 5.91 Å². The molecule has 0 spiro atoms. The molecule has 0 unspecified atom stereocenters. The molecule has 6 nitrogen and oxygen atoms in total. The number of pyridine rings is 1. The summed E-state index contributed by atoms with van der Waals surface area (Å²) in [5, 5.41) is 3.07. The first-order chi connectivity index (χ1) is 12.3. The van der Waals surface area contributed by atoms with E-state index < -0.39 is 18.5 Å². The number of nitrogens with zero attached hydrogens (tertiary/aromatic N) is 1. The lowest BCUT2D eigenvalue weighted by Crippen LogP contribution is -2.22. The van der Waals surface area contributed by atoms with Crippen molar-refractivity contribution in [3.05, 3.63) is 51.6 Å². The summed E-state index contributed by atoms with van der Waals surface area (Å²) >= 11 is 11.8. The minimum Gasteiger partial charge on any atom is -0.493 e. The first kappa shape index (κ1) is 20.0. The van der Waals surface area contributed by atoms with Gasteiger partial charge in [-0.3, -0.25) is 9.59 Å². The topological polar surface area (TPSA) is 77.5 Å². The molecule has 1 aromatic carbocycles. The fraction of sp³-hybridized carbons (Fsp3) is 0.278. The highest BCUT2D eigenvalue weighted by atomic mass is 35.5. The highest BCUT2D eigenvalue weighted by Gasteiger charge is 2.12. The molecule has 8 heteroatoms. The monoisotopic (exact) mass is 396 g/mol. The number of nitrogens with one attached hydrogen (secondary N) is 1. The lowest BCUT2D eigenvalue weighted by atomic mass is 10.2. The van der Waals surface area contributed by atoms with Gasteiger partial charge >= 0.3 is 5.97 Å². The molecule has 2 aromatic rings. The van der Waals surface area contributed by atoms with Crippen molar-refractivity contribution in [1.82, 2.24) is 4.98 Å². The molecular formula is C18H18Cl2N2O4. The number of carbonyl (C=O) groups excluding carboxylic acids is 2. The maximum absolute atomic E-state index is 11.8. The first-order valence-corrected chi connectivity index (χ1v) is 8.58. The Morgan fingerprint density at radius 2 is 1.92 bits per heavy atom. The van der Waals surface area contributed by atoms with Gasteiger partial charge < -0.3 is 14.8 Å². The van der Waals surface area contributed by atoms with Crippen molar-refractivity contribution in [2.45, 2.75) is 20.3 Å². The van der Waals surface area contributed by atoms with E-state index in [2.05, 4.69) is 10.3 Å². The van der Waals surface area contributed by atoms with Crippen LogP contribution >= 0.6 is 23.2 Å². The summed E-state index contributed by atoms with van der Waals surface area (Å²) in [5.74, 6) is -0.250. The van der Waals surface area contributed by atoms with Crippen molar-refractivity contribution in [3.63, 3.8) is 0 Å². The number of rotatable bonds is 7. The van der Waals surface area contributed by atoms with Crippen LogP contribution in [0.4, 0.5) is 5.82 Å². The number of halogens is 2. The summed E-state index contributed by atoms with van der Waals surface area (Å²) < 4.78 is 10.4. The number of benzene rings is 1. The molecule has 0 saturated heterocycles. The van der Waals surface area contributed by atoms with E-state index in [-0.39, 0.29) is 23.9 Å². The van der Waals surface area contributed by atoms with Crippen LogP contribution in [0.3, 0.4) is 0 Å². The average molecular weight is 397 g/mol. The van der Waals surface area contributed by atoms with Crippen LogP contribution in [0.2, 0.25) is 10.0 Å². The molecule has 0 atom stereocenters. The Labute approximate surface area is 161 Å². The van der Waals surface area contributed by atoms with Gasteiger partial charge in [0.05, 0.1) is 28.8 Å². The van der Waals surface area contributed by atoms with E-state index in [4.69, 9.17) is 32.7 Å². The van der Waals surface area contributed by atoms with Gasteiger partial charge in [-0.1, -0.05) is 35.3 Å². The van der Waals surface area contributed by atoms with Crippen LogP contribution in [-0.2, 0) is 14.3 Å². The van der Waals surface area contributed by atoms with Crippen LogP contribution in [0.1, 0.15) is 17.7 Å². The summed E-state index contributed by atoms with van der Waals surface area (Å²) in [6.45, 7) is 3.35. The molecule has 0 fully saturated rings. The van der Waals surface area contributed by atoms with Crippen molar-refractivity contribution in [2.24, 2.45) is 0 Å². The van der Waals surface area contributed by atoms with E-state index in [1.54, 1.807) is 13.0 Å². The van der Waals surface area contributed by atoms with E-state index in [9.17, 15) is 9.59 Å². The molecule has 26 heavy (non-hydrogen) atoms. The summed E-state index contributed by atoms with van der Waals surface area (Å²) in [5.41, 5.74) is 1.59. The molecule has 138 valence electrons. The molecule has 0 saturated carbocycles. The molecule has 2 rings (SSSR count). The Bertz CT molecular complexity index is 812. The van der Waals surface area contributed by atoms with Gasteiger partial charge in [-0.15, -0.1) is 0 Å². The van der Waals surface area contributed by atoms with Crippen molar-refractivity contribution in [1.29, 1.82) is 0 Å². The Kier molecular flexibility index (Phi) is 7.24. The molecular weight excluding hydrogens is 379 g/mol. The maximum atomic E-state index is 11.8. The van der Waals surface area contributed by atoms with E-state index in [0.717, 1.165) is 5.56 Å². The number of carbonyl (C=O) groups is 2. The molecule has 0 radical (unpaired) electrons. The van der Waals surface area contributed by atoms with Crippen molar-refractivity contribution < 1.29 is 19.1 Å². The van der Waals surface area contributed by atoms with Crippen LogP contribution in [0.5, 0.6) is 5.75 Å². The first-order valence-electron chi connectivity index (χ1n) is 7.82. The quantitative estimate of drug-likeness (QED) is 0.716. The number of esters is 1. The fourth-order valence-electron chi connectivity index (χ4n) is 1.99. The number of hydrogen-bond donors (Lipinski definition) is 1. The van der Waals surface area contributed by atoms with Crippen molar-refractivity contribution in [2.75, 3.05) is 18.5 Å². The van der Waals surface area contributed by atoms with Gasteiger partial charge in [0.15, 0.2) is 12.4 Å². The van der Waals surface area contributed by atoms with E-state index in [1.807, 2.05) is 25.1 Å². The summed E-state index contributed by atoms with van der Waals surface area (Å²) in [4.78, 5) is 27.6.